The normalized spacial score (nSPS) is 12.0. The molecule has 0 unspecified atom stereocenters. The fraction of sp³-hybridized carbons (Fsp3) is 0. The zero-order valence-electron chi connectivity index (χ0n) is 13.3. The quantitative estimate of drug-likeness (QED) is 0.279. The maximum atomic E-state index is 4.61. The van der Waals surface area contributed by atoms with E-state index in [1.54, 1.807) is 0 Å². The van der Waals surface area contributed by atoms with E-state index in [1.807, 2.05) is 29.0 Å². The molecule has 0 radical (unpaired) electrons. The van der Waals surface area contributed by atoms with Gasteiger partial charge in [-0.25, -0.2) is 4.52 Å². The Bertz CT molecular complexity index is 1440. The van der Waals surface area contributed by atoms with Gasteiger partial charge in [0.25, 0.3) is 0 Å². The molecule has 3 heterocycles. The van der Waals surface area contributed by atoms with Crippen LogP contribution in [0.4, 0.5) is 0 Å². The number of hydrogen-bond acceptors (Lipinski definition) is 2. The van der Waals surface area contributed by atoms with Crippen molar-refractivity contribution in [1.82, 2.24) is 14.6 Å². The number of fused-ring (bicyclic) bond motifs is 9. The summed E-state index contributed by atoms with van der Waals surface area (Å²) in [6, 6.07) is 23.6. The molecule has 0 N–H and O–H groups in total. The minimum absolute atomic E-state index is 0.993. The zero-order chi connectivity index (χ0) is 16.4. The molecule has 0 amide bonds. The van der Waals surface area contributed by atoms with Crippen LogP contribution in [0.2, 0.25) is 0 Å². The lowest BCUT2D eigenvalue weighted by molar-refractivity contribution is 1.01. The molecular weight excluding hydrogens is 306 g/mol. The Morgan fingerprint density at radius 1 is 0.600 bits per heavy atom. The van der Waals surface area contributed by atoms with Crippen molar-refractivity contribution in [3.63, 3.8) is 0 Å². The van der Waals surface area contributed by atoms with E-state index >= 15 is 0 Å². The predicted octanol–water partition coefficient (Wildman–Crippen LogP) is 5.34. The summed E-state index contributed by atoms with van der Waals surface area (Å²) in [5.41, 5.74) is 3.15. The minimum atomic E-state index is 0.993. The second-order valence-electron chi connectivity index (χ2n) is 6.41. The van der Waals surface area contributed by atoms with Gasteiger partial charge in [-0.15, -0.1) is 0 Å². The SMILES string of the molecule is c1ccc2c(c1)ccc1cc3c(cc12)c1cccnc1c1ccnn31. The highest BCUT2D eigenvalue weighted by molar-refractivity contribution is 6.18. The number of pyridine rings is 2. The lowest BCUT2D eigenvalue weighted by Gasteiger charge is -2.10. The van der Waals surface area contributed by atoms with Crippen molar-refractivity contribution in [2.75, 3.05) is 0 Å². The Morgan fingerprint density at radius 2 is 1.48 bits per heavy atom. The van der Waals surface area contributed by atoms with Gasteiger partial charge in [-0.2, -0.15) is 5.10 Å². The minimum Gasteiger partial charge on any atom is -0.254 e. The molecule has 25 heavy (non-hydrogen) atoms. The summed E-state index contributed by atoms with van der Waals surface area (Å²) in [5.74, 6) is 0. The van der Waals surface area contributed by atoms with Gasteiger partial charge in [0.05, 0.1) is 22.7 Å². The van der Waals surface area contributed by atoms with E-state index in [0.717, 1.165) is 16.6 Å². The molecule has 3 aromatic carbocycles. The van der Waals surface area contributed by atoms with E-state index < -0.39 is 0 Å². The Labute approximate surface area is 143 Å². The molecular formula is C22H13N3. The third kappa shape index (κ3) is 1.64. The van der Waals surface area contributed by atoms with Crippen LogP contribution >= 0.6 is 0 Å². The van der Waals surface area contributed by atoms with Gasteiger partial charge in [-0.3, -0.25) is 4.98 Å². The first-order valence-corrected chi connectivity index (χ1v) is 8.36. The molecule has 0 fully saturated rings. The highest BCUT2D eigenvalue weighted by Gasteiger charge is 2.11. The Kier molecular flexibility index (Phi) is 2.35. The monoisotopic (exact) mass is 319 g/mol. The second kappa shape index (κ2) is 4.54. The Hall–Kier alpha value is -3.46. The van der Waals surface area contributed by atoms with Gasteiger partial charge in [0.15, 0.2) is 0 Å². The Morgan fingerprint density at radius 3 is 2.48 bits per heavy atom. The largest absolute Gasteiger partial charge is 0.254 e. The molecule has 0 spiro atoms. The van der Waals surface area contributed by atoms with Crippen LogP contribution in [0.25, 0.3) is 48.9 Å². The van der Waals surface area contributed by atoms with Crippen molar-refractivity contribution in [2.24, 2.45) is 0 Å². The number of hydrogen-bond donors (Lipinski definition) is 0. The van der Waals surface area contributed by atoms with Gasteiger partial charge in [0.1, 0.15) is 0 Å². The van der Waals surface area contributed by atoms with Gasteiger partial charge in [-0.1, -0.05) is 42.5 Å². The van der Waals surface area contributed by atoms with Crippen LogP contribution in [0.3, 0.4) is 0 Å². The number of benzene rings is 3. The summed E-state index contributed by atoms with van der Waals surface area (Å²) in [5, 5.41) is 11.9. The van der Waals surface area contributed by atoms with E-state index in [4.69, 9.17) is 0 Å². The van der Waals surface area contributed by atoms with Crippen molar-refractivity contribution in [3.8, 4) is 0 Å². The van der Waals surface area contributed by atoms with Crippen molar-refractivity contribution in [2.45, 2.75) is 0 Å². The van der Waals surface area contributed by atoms with Gasteiger partial charge < -0.3 is 0 Å². The predicted molar refractivity (Wildman–Crippen MR) is 103 cm³/mol. The van der Waals surface area contributed by atoms with Crippen LogP contribution in [0.5, 0.6) is 0 Å². The van der Waals surface area contributed by atoms with Gasteiger partial charge in [0.2, 0.25) is 0 Å². The lowest BCUT2D eigenvalue weighted by atomic mass is 9.98. The van der Waals surface area contributed by atoms with Crippen LogP contribution in [-0.4, -0.2) is 14.6 Å². The molecule has 6 aromatic rings. The molecule has 0 aliphatic heterocycles. The fourth-order valence-corrected chi connectivity index (χ4v) is 3.94. The highest BCUT2D eigenvalue weighted by atomic mass is 15.2. The summed E-state index contributed by atoms with van der Waals surface area (Å²) in [4.78, 5) is 4.61. The topological polar surface area (TPSA) is 30.2 Å². The third-order valence-electron chi connectivity index (χ3n) is 5.07. The average molecular weight is 319 g/mol. The van der Waals surface area contributed by atoms with E-state index in [-0.39, 0.29) is 0 Å². The zero-order valence-corrected chi connectivity index (χ0v) is 13.3. The third-order valence-corrected chi connectivity index (χ3v) is 5.07. The van der Waals surface area contributed by atoms with Gasteiger partial charge in [0, 0.05) is 17.0 Å². The second-order valence-corrected chi connectivity index (χ2v) is 6.41. The van der Waals surface area contributed by atoms with Gasteiger partial charge in [-0.05, 0) is 45.8 Å². The van der Waals surface area contributed by atoms with Crippen LogP contribution in [0.1, 0.15) is 0 Å². The van der Waals surface area contributed by atoms with Crippen molar-refractivity contribution < 1.29 is 0 Å². The molecule has 0 atom stereocenters. The average Bonchev–Trinajstić information content (AvgIpc) is 3.17. The lowest BCUT2D eigenvalue weighted by Crippen LogP contribution is -1.94. The van der Waals surface area contributed by atoms with Crippen molar-refractivity contribution in [1.29, 1.82) is 0 Å². The maximum Gasteiger partial charge on any atom is 0.0966 e. The van der Waals surface area contributed by atoms with Crippen LogP contribution in [-0.2, 0) is 0 Å². The molecule has 0 aliphatic rings. The summed E-state index contributed by atoms with van der Waals surface area (Å²) in [6.07, 6.45) is 3.69. The van der Waals surface area contributed by atoms with E-state index in [1.165, 1.54) is 32.3 Å². The number of rotatable bonds is 0. The summed E-state index contributed by atoms with van der Waals surface area (Å²) in [6.45, 7) is 0. The molecule has 116 valence electrons. The van der Waals surface area contributed by atoms with Crippen molar-refractivity contribution in [3.05, 3.63) is 79.1 Å². The first-order valence-electron chi connectivity index (χ1n) is 8.36. The molecule has 0 saturated carbocycles. The molecule has 3 aromatic heterocycles. The van der Waals surface area contributed by atoms with Crippen LogP contribution < -0.4 is 0 Å². The van der Waals surface area contributed by atoms with E-state index in [2.05, 4.69) is 64.7 Å². The molecule has 3 heteroatoms. The molecule has 6 rings (SSSR count). The summed E-state index contributed by atoms with van der Waals surface area (Å²) < 4.78 is 2.00. The van der Waals surface area contributed by atoms with Crippen LogP contribution in [0.15, 0.2) is 79.1 Å². The van der Waals surface area contributed by atoms with Crippen LogP contribution in [0, 0.1) is 0 Å². The van der Waals surface area contributed by atoms with E-state index in [9.17, 15) is 0 Å². The highest BCUT2D eigenvalue weighted by Crippen LogP contribution is 2.33. The van der Waals surface area contributed by atoms with E-state index in [0.29, 0.717) is 0 Å². The van der Waals surface area contributed by atoms with Gasteiger partial charge >= 0.3 is 0 Å². The smallest absolute Gasteiger partial charge is 0.0966 e. The fourth-order valence-electron chi connectivity index (χ4n) is 3.94. The molecule has 0 aliphatic carbocycles. The standard InChI is InChI=1S/C22H13N3/c1-2-5-16-14(4-1)7-8-15-12-21-19(13-18(15)16)17-6-3-10-23-22(17)20-9-11-24-25(20)21/h1-13H. The Balaban J connectivity index is 1.95. The summed E-state index contributed by atoms with van der Waals surface area (Å²) in [7, 11) is 0. The van der Waals surface area contributed by atoms with Crippen molar-refractivity contribution >= 4 is 48.9 Å². The number of nitrogens with zero attached hydrogens (tertiary/aromatic N) is 3. The number of aromatic nitrogens is 3. The molecule has 3 nitrogen and oxygen atoms in total. The first-order chi connectivity index (χ1) is 12.4. The molecule has 0 bridgehead atoms. The maximum absolute atomic E-state index is 4.61. The first kappa shape index (κ1) is 12.9. The summed E-state index contributed by atoms with van der Waals surface area (Å²) >= 11 is 0. The molecule has 0 saturated heterocycles.